The third kappa shape index (κ3) is 2.05. The van der Waals surface area contributed by atoms with Crippen LogP contribution >= 0.6 is 0 Å². The van der Waals surface area contributed by atoms with Crippen LogP contribution in [0.15, 0.2) is 42.5 Å². The lowest BCUT2D eigenvalue weighted by Gasteiger charge is -2.07. The Labute approximate surface area is 111 Å². The molecule has 95 valence electrons. The molecule has 3 aromatic rings. The molecule has 0 spiro atoms. The summed E-state index contributed by atoms with van der Waals surface area (Å²) in [7, 11) is 0. The molecule has 1 aromatic heterocycles. The molecule has 0 atom stereocenters. The van der Waals surface area contributed by atoms with E-state index in [1.54, 1.807) is 6.07 Å². The lowest BCUT2D eigenvalue weighted by Crippen LogP contribution is -2.00. The molecule has 0 unspecified atom stereocenters. The summed E-state index contributed by atoms with van der Waals surface area (Å²) in [6, 6.07) is 12.9. The van der Waals surface area contributed by atoms with Crippen molar-refractivity contribution in [3.8, 4) is 11.4 Å². The summed E-state index contributed by atoms with van der Waals surface area (Å²) >= 11 is 0. The summed E-state index contributed by atoms with van der Waals surface area (Å²) < 4.78 is 0. The lowest BCUT2D eigenvalue weighted by molar-refractivity contribution is 0.351. The third-order valence-electron chi connectivity index (χ3n) is 3.15. The van der Waals surface area contributed by atoms with Crippen molar-refractivity contribution in [2.45, 2.75) is 19.8 Å². The second-order valence-corrected chi connectivity index (χ2v) is 4.86. The number of nitrogens with zero attached hydrogens (tertiary/aromatic N) is 3. The van der Waals surface area contributed by atoms with E-state index in [-0.39, 0.29) is 5.75 Å². The van der Waals surface area contributed by atoms with Gasteiger partial charge < -0.3 is 0 Å². The van der Waals surface area contributed by atoms with E-state index in [0.29, 0.717) is 11.6 Å². The van der Waals surface area contributed by atoms with E-state index >= 15 is 0 Å². The van der Waals surface area contributed by atoms with E-state index in [2.05, 4.69) is 24.0 Å². The minimum Gasteiger partial charge on any atom is -0.287 e. The summed E-state index contributed by atoms with van der Waals surface area (Å²) in [6.45, 7) is 4.19. The normalized spacial score (nSPS) is 11.3. The van der Waals surface area contributed by atoms with E-state index in [4.69, 9.17) is 0 Å². The number of hydrogen-bond acceptors (Lipinski definition) is 2. The van der Waals surface area contributed by atoms with Crippen molar-refractivity contribution in [2.24, 2.45) is 0 Å². The minimum absolute atomic E-state index is 0.0651. The summed E-state index contributed by atoms with van der Waals surface area (Å²) in [5.74, 6) is 0.300. The van der Waals surface area contributed by atoms with Gasteiger partial charge in [-0.1, -0.05) is 32.0 Å². The van der Waals surface area contributed by atoms with Crippen LogP contribution in [0.25, 0.3) is 16.7 Å². The average molecular weight is 252 g/mol. The van der Waals surface area contributed by atoms with Gasteiger partial charge in [-0.3, -0.25) is 5.11 Å². The van der Waals surface area contributed by atoms with Crippen molar-refractivity contribution in [3.05, 3.63) is 48.0 Å². The van der Waals surface area contributed by atoms with E-state index in [1.807, 2.05) is 36.4 Å². The molecule has 0 saturated heterocycles. The largest absolute Gasteiger partial charge is 0.287 e. The highest BCUT2D eigenvalue weighted by atomic mass is 16.3. The molecule has 0 aliphatic carbocycles. The summed E-state index contributed by atoms with van der Waals surface area (Å²) in [5, 5.41) is 20.7. The summed E-state index contributed by atoms with van der Waals surface area (Å²) in [4.78, 5) is 1.43. The van der Waals surface area contributed by atoms with Gasteiger partial charge in [0.05, 0.1) is 0 Å². The molecule has 0 aliphatic rings. The number of benzene rings is 2. The maximum Gasteiger partial charge on any atom is 0.206 e. The Bertz CT molecular complexity index is 698. The summed E-state index contributed by atoms with van der Waals surface area (Å²) in [5.41, 5.74) is 3.19. The first-order chi connectivity index (χ1) is 9.15. The van der Waals surface area contributed by atoms with Crippen LogP contribution in [0.5, 0.6) is 5.75 Å². The molecule has 19 heavy (non-hydrogen) atoms. The Hall–Kier alpha value is -2.36. The van der Waals surface area contributed by atoms with E-state index in [1.165, 1.54) is 4.80 Å². The maximum absolute atomic E-state index is 12.0. The van der Waals surface area contributed by atoms with Crippen molar-refractivity contribution in [3.63, 3.8) is 0 Å². The van der Waals surface area contributed by atoms with Crippen molar-refractivity contribution in [1.82, 2.24) is 15.0 Å². The molecule has 4 nitrogen and oxygen atoms in total. The fourth-order valence-electron chi connectivity index (χ4n) is 2.02. The standard InChI is InChI=1S/C15H14N3O/c1-10(2)11-7-8-15(19)14(9-11)18-16-12-5-3-4-6-13(12)17-18/h3-10H,1-2H3. The zero-order valence-corrected chi connectivity index (χ0v) is 10.9. The SMILES string of the molecule is CC(C)c1ccc([O])c(-n2nc3ccccc3n2)c1. The van der Waals surface area contributed by atoms with Gasteiger partial charge >= 0.3 is 0 Å². The number of fused-ring (bicyclic) bond motifs is 1. The highest BCUT2D eigenvalue weighted by Crippen LogP contribution is 2.26. The van der Waals surface area contributed by atoms with Gasteiger partial charge in [0.15, 0.2) is 0 Å². The molecular formula is C15H14N3O. The van der Waals surface area contributed by atoms with Gasteiger partial charge in [0.1, 0.15) is 16.7 Å². The van der Waals surface area contributed by atoms with E-state index in [0.717, 1.165) is 16.6 Å². The molecule has 0 fully saturated rings. The maximum atomic E-state index is 12.0. The molecule has 1 radical (unpaired) electrons. The minimum atomic E-state index is -0.0651. The quantitative estimate of drug-likeness (QED) is 0.698. The van der Waals surface area contributed by atoms with Crippen LogP contribution in [-0.4, -0.2) is 15.0 Å². The lowest BCUT2D eigenvalue weighted by atomic mass is 10.0. The first kappa shape index (κ1) is 11.7. The molecular weight excluding hydrogens is 238 g/mol. The topological polar surface area (TPSA) is 50.6 Å². The average Bonchev–Trinajstić information content (AvgIpc) is 2.82. The van der Waals surface area contributed by atoms with Crippen LogP contribution in [0.3, 0.4) is 0 Å². The van der Waals surface area contributed by atoms with Gasteiger partial charge in [0.25, 0.3) is 0 Å². The fourth-order valence-corrected chi connectivity index (χ4v) is 2.02. The summed E-state index contributed by atoms with van der Waals surface area (Å²) in [6.07, 6.45) is 0. The number of hydrogen-bond donors (Lipinski definition) is 0. The molecule has 3 rings (SSSR count). The molecule has 2 aromatic carbocycles. The van der Waals surface area contributed by atoms with Crippen molar-refractivity contribution in [2.75, 3.05) is 0 Å². The van der Waals surface area contributed by atoms with Crippen LogP contribution < -0.4 is 0 Å². The molecule has 1 heterocycles. The van der Waals surface area contributed by atoms with Gasteiger partial charge in [-0.2, -0.15) is 0 Å². The first-order valence-corrected chi connectivity index (χ1v) is 6.28. The predicted octanol–water partition coefficient (Wildman–Crippen LogP) is 3.69. The highest BCUT2D eigenvalue weighted by Gasteiger charge is 2.12. The first-order valence-electron chi connectivity index (χ1n) is 6.28. The monoisotopic (exact) mass is 252 g/mol. The Morgan fingerprint density at radius 1 is 1.00 bits per heavy atom. The van der Waals surface area contributed by atoms with Crippen LogP contribution in [0.1, 0.15) is 25.3 Å². The molecule has 0 saturated carbocycles. The van der Waals surface area contributed by atoms with Crippen molar-refractivity contribution >= 4 is 11.0 Å². The molecule has 0 bridgehead atoms. The van der Waals surface area contributed by atoms with Gasteiger partial charge in [0, 0.05) is 0 Å². The van der Waals surface area contributed by atoms with Gasteiger partial charge in [-0.05, 0) is 35.7 Å². The number of rotatable bonds is 2. The van der Waals surface area contributed by atoms with E-state index in [9.17, 15) is 5.11 Å². The van der Waals surface area contributed by atoms with Gasteiger partial charge in [-0.15, -0.1) is 15.0 Å². The van der Waals surface area contributed by atoms with Crippen molar-refractivity contribution < 1.29 is 5.11 Å². The van der Waals surface area contributed by atoms with Crippen LogP contribution in [-0.2, 0) is 5.11 Å². The Kier molecular flexibility index (Phi) is 2.71. The van der Waals surface area contributed by atoms with Crippen LogP contribution in [0.2, 0.25) is 0 Å². The zero-order valence-electron chi connectivity index (χ0n) is 10.9. The third-order valence-corrected chi connectivity index (χ3v) is 3.15. The van der Waals surface area contributed by atoms with Gasteiger partial charge in [0.2, 0.25) is 5.75 Å². The molecule has 4 heteroatoms. The molecule has 0 amide bonds. The second-order valence-electron chi connectivity index (χ2n) is 4.86. The Morgan fingerprint density at radius 2 is 1.63 bits per heavy atom. The second kappa shape index (κ2) is 4.39. The van der Waals surface area contributed by atoms with Gasteiger partial charge in [-0.25, -0.2) is 0 Å². The van der Waals surface area contributed by atoms with Crippen molar-refractivity contribution in [1.29, 1.82) is 0 Å². The van der Waals surface area contributed by atoms with Crippen LogP contribution in [0, 0.1) is 0 Å². The van der Waals surface area contributed by atoms with Crippen LogP contribution in [0.4, 0.5) is 0 Å². The Balaban J connectivity index is 2.17. The smallest absolute Gasteiger partial charge is 0.206 e. The fraction of sp³-hybridized carbons (Fsp3) is 0.200. The predicted molar refractivity (Wildman–Crippen MR) is 73.1 cm³/mol. The highest BCUT2D eigenvalue weighted by molar-refractivity contribution is 5.73. The van der Waals surface area contributed by atoms with E-state index < -0.39 is 0 Å². The number of aromatic nitrogens is 3. The zero-order chi connectivity index (χ0) is 13.4. The Morgan fingerprint density at radius 3 is 2.21 bits per heavy atom. The molecule has 0 N–H and O–H groups in total. The molecule has 0 aliphatic heterocycles.